The Morgan fingerprint density at radius 2 is 1.00 bits per heavy atom. The first-order valence-electron chi connectivity index (χ1n) is 10.3. The van der Waals surface area contributed by atoms with Crippen LogP contribution in [0.15, 0.2) is 6.07 Å². The third kappa shape index (κ3) is 6.32. The highest BCUT2D eigenvalue weighted by Crippen LogP contribution is 2.29. The van der Waals surface area contributed by atoms with E-state index in [0.29, 0.717) is 0 Å². The number of hydrogen-bond donors (Lipinski definition) is 0. The topological polar surface area (TPSA) is 0 Å². The summed E-state index contributed by atoms with van der Waals surface area (Å²) in [5.41, 5.74) is 8.43. The maximum Gasteiger partial charge on any atom is -0.0273 e. The average molecular weight is 317 g/mol. The summed E-state index contributed by atoms with van der Waals surface area (Å²) in [6, 6.07) is 2.54. The molecule has 0 spiro atoms. The summed E-state index contributed by atoms with van der Waals surface area (Å²) >= 11 is 0. The van der Waals surface area contributed by atoms with E-state index in [4.69, 9.17) is 0 Å². The van der Waals surface area contributed by atoms with Crippen molar-refractivity contribution in [2.24, 2.45) is 0 Å². The van der Waals surface area contributed by atoms with Crippen LogP contribution in [0.5, 0.6) is 0 Å². The molecule has 0 aliphatic rings. The van der Waals surface area contributed by atoms with Gasteiger partial charge in [-0.2, -0.15) is 0 Å². The molecule has 0 aliphatic heterocycles. The summed E-state index contributed by atoms with van der Waals surface area (Å²) in [6.07, 6.45) is 15.7. The van der Waals surface area contributed by atoms with E-state index < -0.39 is 0 Å². The normalized spacial score (nSPS) is 11.2. The summed E-state index contributed by atoms with van der Waals surface area (Å²) in [6.45, 7) is 11.6. The van der Waals surface area contributed by atoms with E-state index in [1.165, 1.54) is 77.0 Å². The van der Waals surface area contributed by atoms with Gasteiger partial charge in [0.2, 0.25) is 0 Å². The van der Waals surface area contributed by atoms with Gasteiger partial charge in [0.25, 0.3) is 0 Å². The predicted molar refractivity (Wildman–Crippen MR) is 106 cm³/mol. The van der Waals surface area contributed by atoms with Gasteiger partial charge in [-0.3, -0.25) is 0 Å². The number of benzene rings is 1. The van der Waals surface area contributed by atoms with Crippen LogP contribution in [-0.4, -0.2) is 0 Å². The highest BCUT2D eigenvalue weighted by Gasteiger charge is 2.15. The fourth-order valence-electron chi connectivity index (χ4n) is 3.66. The Kier molecular flexibility index (Phi) is 10.3. The van der Waals surface area contributed by atoms with Crippen LogP contribution in [0, 0.1) is 6.92 Å². The van der Waals surface area contributed by atoms with E-state index in [9.17, 15) is 0 Å². The lowest BCUT2D eigenvalue weighted by atomic mass is 9.83. The first kappa shape index (κ1) is 20.3. The number of unbranched alkanes of at least 4 members (excludes halogenated alkanes) is 4. The number of aryl methyl sites for hydroxylation is 2. The third-order valence-electron chi connectivity index (χ3n) is 5.12. The van der Waals surface area contributed by atoms with Gasteiger partial charge in [-0.25, -0.2) is 0 Å². The largest absolute Gasteiger partial charge is 0.0654 e. The second kappa shape index (κ2) is 11.7. The van der Waals surface area contributed by atoms with Crippen molar-refractivity contribution in [3.8, 4) is 0 Å². The van der Waals surface area contributed by atoms with E-state index in [0.717, 1.165) is 0 Å². The molecule has 0 heterocycles. The lowest BCUT2D eigenvalue weighted by Crippen LogP contribution is -2.08. The van der Waals surface area contributed by atoms with Gasteiger partial charge in [-0.15, -0.1) is 0 Å². The van der Waals surface area contributed by atoms with Crippen molar-refractivity contribution in [3.63, 3.8) is 0 Å². The lowest BCUT2D eigenvalue weighted by molar-refractivity contribution is 0.716. The summed E-state index contributed by atoms with van der Waals surface area (Å²) in [5, 5.41) is 0. The summed E-state index contributed by atoms with van der Waals surface area (Å²) < 4.78 is 0. The molecule has 0 nitrogen and oxygen atoms in total. The van der Waals surface area contributed by atoms with Gasteiger partial charge in [0.1, 0.15) is 0 Å². The van der Waals surface area contributed by atoms with Crippen LogP contribution >= 0.6 is 0 Å². The van der Waals surface area contributed by atoms with Crippen molar-refractivity contribution in [2.45, 2.75) is 112 Å². The third-order valence-corrected chi connectivity index (χ3v) is 5.12. The van der Waals surface area contributed by atoms with E-state index in [-0.39, 0.29) is 0 Å². The monoisotopic (exact) mass is 316 g/mol. The minimum atomic E-state index is 1.28. The molecule has 1 rings (SSSR count). The Morgan fingerprint density at radius 1 is 0.565 bits per heavy atom. The van der Waals surface area contributed by atoms with Gasteiger partial charge in [0.15, 0.2) is 0 Å². The van der Waals surface area contributed by atoms with Crippen molar-refractivity contribution in [2.75, 3.05) is 0 Å². The standard InChI is InChI=1S/C23H40/c1-6-10-14-20-18-19(5)21(15-11-7-2)23(17-13-9-4)22(20)16-12-8-3/h18H,6-17H2,1-5H3. The smallest absolute Gasteiger partial charge is 0.0273 e. The fourth-order valence-corrected chi connectivity index (χ4v) is 3.66. The first-order chi connectivity index (χ1) is 11.2. The van der Waals surface area contributed by atoms with Gasteiger partial charge < -0.3 is 0 Å². The van der Waals surface area contributed by atoms with Crippen LogP contribution in [0.4, 0.5) is 0 Å². The Labute approximate surface area is 146 Å². The van der Waals surface area contributed by atoms with E-state index in [2.05, 4.69) is 40.7 Å². The fraction of sp³-hybridized carbons (Fsp3) is 0.739. The van der Waals surface area contributed by atoms with Crippen LogP contribution in [0.25, 0.3) is 0 Å². The summed E-state index contributed by atoms with van der Waals surface area (Å²) in [5.74, 6) is 0. The Morgan fingerprint density at radius 3 is 1.52 bits per heavy atom. The van der Waals surface area contributed by atoms with E-state index in [1.54, 1.807) is 27.8 Å². The zero-order chi connectivity index (χ0) is 17.1. The summed E-state index contributed by atoms with van der Waals surface area (Å²) in [4.78, 5) is 0. The van der Waals surface area contributed by atoms with Gasteiger partial charge in [0, 0.05) is 0 Å². The molecule has 0 aliphatic carbocycles. The molecule has 0 atom stereocenters. The zero-order valence-electron chi connectivity index (χ0n) is 16.6. The highest BCUT2D eigenvalue weighted by atomic mass is 14.2. The minimum absolute atomic E-state index is 1.28. The van der Waals surface area contributed by atoms with E-state index in [1.807, 2.05) is 0 Å². The highest BCUT2D eigenvalue weighted by molar-refractivity contribution is 5.46. The van der Waals surface area contributed by atoms with Crippen LogP contribution in [0.1, 0.15) is 107 Å². The van der Waals surface area contributed by atoms with Crippen molar-refractivity contribution >= 4 is 0 Å². The molecular formula is C23H40. The second-order valence-corrected chi connectivity index (χ2v) is 7.20. The van der Waals surface area contributed by atoms with E-state index >= 15 is 0 Å². The Bertz CT molecular complexity index is 442. The summed E-state index contributed by atoms with van der Waals surface area (Å²) in [7, 11) is 0. The average Bonchev–Trinajstić information content (AvgIpc) is 2.56. The maximum absolute atomic E-state index is 2.54. The first-order valence-corrected chi connectivity index (χ1v) is 10.3. The Balaban J connectivity index is 3.26. The molecule has 0 fully saturated rings. The molecule has 0 unspecified atom stereocenters. The molecular weight excluding hydrogens is 276 g/mol. The van der Waals surface area contributed by atoms with Gasteiger partial charge in [-0.05, 0) is 86.1 Å². The molecule has 0 saturated heterocycles. The van der Waals surface area contributed by atoms with Crippen LogP contribution < -0.4 is 0 Å². The molecule has 1 aromatic carbocycles. The molecule has 0 N–H and O–H groups in total. The molecule has 1 aromatic rings. The van der Waals surface area contributed by atoms with Gasteiger partial charge in [0.05, 0.1) is 0 Å². The molecule has 0 heteroatoms. The van der Waals surface area contributed by atoms with Crippen molar-refractivity contribution in [1.29, 1.82) is 0 Å². The molecule has 0 amide bonds. The van der Waals surface area contributed by atoms with Gasteiger partial charge >= 0.3 is 0 Å². The van der Waals surface area contributed by atoms with Crippen LogP contribution in [0.2, 0.25) is 0 Å². The lowest BCUT2D eigenvalue weighted by Gasteiger charge is -2.22. The quantitative estimate of drug-likeness (QED) is 0.377. The van der Waals surface area contributed by atoms with Crippen molar-refractivity contribution in [1.82, 2.24) is 0 Å². The minimum Gasteiger partial charge on any atom is -0.0654 e. The predicted octanol–water partition coefficient (Wildman–Crippen LogP) is 7.37. The van der Waals surface area contributed by atoms with Crippen LogP contribution in [0.3, 0.4) is 0 Å². The molecule has 0 radical (unpaired) electrons. The molecule has 0 bridgehead atoms. The SMILES string of the molecule is CCCCc1cc(C)c(CCCC)c(CCCC)c1CCCC. The molecule has 23 heavy (non-hydrogen) atoms. The number of hydrogen-bond acceptors (Lipinski definition) is 0. The van der Waals surface area contributed by atoms with Gasteiger partial charge in [-0.1, -0.05) is 59.4 Å². The Hall–Kier alpha value is -0.780. The van der Waals surface area contributed by atoms with Crippen molar-refractivity contribution < 1.29 is 0 Å². The molecule has 0 saturated carbocycles. The van der Waals surface area contributed by atoms with Crippen molar-refractivity contribution in [3.05, 3.63) is 33.9 Å². The second-order valence-electron chi connectivity index (χ2n) is 7.20. The molecule has 132 valence electrons. The molecule has 0 aromatic heterocycles. The maximum atomic E-state index is 2.54. The van der Waals surface area contributed by atoms with Crippen LogP contribution in [-0.2, 0) is 25.7 Å². The zero-order valence-corrected chi connectivity index (χ0v) is 16.6. The number of rotatable bonds is 12.